The molecule has 8 nitrogen and oxygen atoms in total. The van der Waals surface area contributed by atoms with Crippen LogP contribution in [0.5, 0.6) is 0 Å². The number of sulfonamides is 1. The second-order valence-electron chi connectivity index (χ2n) is 5.63. The lowest BCUT2D eigenvalue weighted by Crippen LogP contribution is -2.48. The molecule has 0 aliphatic carbocycles. The van der Waals surface area contributed by atoms with E-state index in [1.54, 1.807) is 23.0 Å². The van der Waals surface area contributed by atoms with Crippen molar-refractivity contribution >= 4 is 38.8 Å². The Kier molecular flexibility index (Phi) is 4.65. The van der Waals surface area contributed by atoms with Crippen molar-refractivity contribution in [2.45, 2.75) is 4.21 Å². The van der Waals surface area contributed by atoms with Gasteiger partial charge in [0.15, 0.2) is 5.82 Å². The lowest BCUT2D eigenvalue weighted by atomic mass is 10.3. The number of hydrogen-bond acceptors (Lipinski definition) is 7. The monoisotopic (exact) mass is 410 g/mol. The molecule has 0 N–H and O–H groups in total. The fraction of sp³-hybridized carbons (Fsp3) is 0.267. The largest absolute Gasteiger partial charge is 0.354 e. The van der Waals surface area contributed by atoms with Gasteiger partial charge in [0, 0.05) is 44.6 Å². The summed E-state index contributed by atoms with van der Waals surface area (Å²) in [5, 5.41) is 4.16. The Bertz CT molecular complexity index is 997. The molecule has 0 aromatic carbocycles. The number of thiophene rings is 1. The topological polar surface area (TPSA) is 84.2 Å². The van der Waals surface area contributed by atoms with Gasteiger partial charge >= 0.3 is 0 Å². The highest BCUT2D eigenvalue weighted by atomic mass is 35.5. The Morgan fingerprint density at radius 3 is 2.50 bits per heavy atom. The fourth-order valence-corrected chi connectivity index (χ4v) is 5.82. The van der Waals surface area contributed by atoms with E-state index in [1.807, 2.05) is 23.2 Å². The van der Waals surface area contributed by atoms with E-state index >= 15 is 0 Å². The first-order valence-corrected chi connectivity index (χ1v) is 10.5. The number of halogens is 1. The number of piperazine rings is 1. The van der Waals surface area contributed by atoms with Crippen molar-refractivity contribution in [3.8, 4) is 5.82 Å². The summed E-state index contributed by atoms with van der Waals surface area (Å²) in [7, 11) is -3.50. The summed E-state index contributed by atoms with van der Waals surface area (Å²) in [5.41, 5.74) is 0. The second-order valence-corrected chi connectivity index (χ2v) is 9.51. The van der Waals surface area contributed by atoms with Crippen LogP contribution in [0.3, 0.4) is 0 Å². The Balaban J connectivity index is 1.48. The van der Waals surface area contributed by atoms with Gasteiger partial charge in [-0.3, -0.25) is 0 Å². The molecule has 26 heavy (non-hydrogen) atoms. The van der Waals surface area contributed by atoms with Crippen LogP contribution in [0.4, 0.5) is 5.82 Å². The molecular formula is C15H15ClN6O2S2. The lowest BCUT2D eigenvalue weighted by Gasteiger charge is -2.34. The second kappa shape index (κ2) is 6.95. The fourth-order valence-electron chi connectivity index (χ4n) is 2.76. The van der Waals surface area contributed by atoms with Crippen LogP contribution in [-0.4, -0.2) is 58.7 Å². The van der Waals surface area contributed by atoms with Gasteiger partial charge in [0.25, 0.3) is 10.0 Å². The summed E-state index contributed by atoms with van der Waals surface area (Å²) >= 11 is 6.95. The van der Waals surface area contributed by atoms with Crippen LogP contribution >= 0.6 is 22.9 Å². The molecule has 0 atom stereocenters. The number of rotatable bonds is 4. The molecule has 0 bridgehead atoms. The van der Waals surface area contributed by atoms with Crippen molar-refractivity contribution < 1.29 is 8.42 Å². The summed E-state index contributed by atoms with van der Waals surface area (Å²) in [6, 6.07) is 6.82. The standard InChI is InChI=1S/C15H15ClN6O2S2/c16-12-2-3-15(25-12)26(23,24)21-8-6-20(7-9-21)13-10-14(18-11-17-13)22-5-1-4-19-22/h1-5,10-11H,6-9H2. The van der Waals surface area contributed by atoms with E-state index in [9.17, 15) is 8.42 Å². The zero-order valence-corrected chi connectivity index (χ0v) is 16.0. The normalized spacial score (nSPS) is 16.1. The Labute approximate surface area is 159 Å². The molecule has 0 amide bonds. The quantitative estimate of drug-likeness (QED) is 0.653. The molecule has 0 radical (unpaired) electrons. The van der Waals surface area contributed by atoms with Crippen molar-refractivity contribution in [1.29, 1.82) is 0 Å². The third-order valence-electron chi connectivity index (χ3n) is 4.08. The molecule has 3 aromatic heterocycles. The van der Waals surface area contributed by atoms with Crippen LogP contribution in [0.25, 0.3) is 5.82 Å². The van der Waals surface area contributed by atoms with E-state index in [0.717, 1.165) is 17.2 Å². The summed E-state index contributed by atoms with van der Waals surface area (Å²) in [4.78, 5) is 10.6. The zero-order valence-electron chi connectivity index (χ0n) is 13.6. The van der Waals surface area contributed by atoms with E-state index < -0.39 is 10.0 Å². The van der Waals surface area contributed by atoms with Gasteiger partial charge < -0.3 is 4.90 Å². The molecule has 11 heteroatoms. The highest BCUT2D eigenvalue weighted by molar-refractivity contribution is 7.91. The molecule has 4 heterocycles. The minimum absolute atomic E-state index is 0.277. The van der Waals surface area contributed by atoms with Gasteiger partial charge in [0.05, 0.1) is 4.34 Å². The van der Waals surface area contributed by atoms with Crippen LogP contribution in [0.15, 0.2) is 47.2 Å². The van der Waals surface area contributed by atoms with E-state index in [0.29, 0.717) is 36.3 Å². The average Bonchev–Trinajstić information content (AvgIpc) is 3.34. The lowest BCUT2D eigenvalue weighted by molar-refractivity contribution is 0.384. The van der Waals surface area contributed by atoms with Crippen molar-refractivity contribution in [2.24, 2.45) is 0 Å². The predicted octanol–water partition coefficient (Wildman–Crippen LogP) is 1.89. The molecule has 4 rings (SSSR count). The SMILES string of the molecule is O=S(=O)(c1ccc(Cl)s1)N1CCN(c2cc(-n3cccn3)ncn2)CC1. The van der Waals surface area contributed by atoms with E-state index in [1.165, 1.54) is 10.6 Å². The molecule has 1 saturated heterocycles. The van der Waals surface area contributed by atoms with Gasteiger partial charge in [-0.15, -0.1) is 11.3 Å². The third-order valence-corrected chi connectivity index (χ3v) is 7.68. The van der Waals surface area contributed by atoms with Gasteiger partial charge in [-0.2, -0.15) is 9.40 Å². The Morgan fingerprint density at radius 2 is 1.85 bits per heavy atom. The van der Waals surface area contributed by atoms with Gasteiger partial charge in [-0.05, 0) is 18.2 Å². The number of anilines is 1. The number of nitrogens with zero attached hydrogens (tertiary/aromatic N) is 6. The summed E-state index contributed by atoms with van der Waals surface area (Å²) in [6.45, 7) is 1.87. The van der Waals surface area contributed by atoms with E-state index in [-0.39, 0.29) is 4.21 Å². The Morgan fingerprint density at radius 1 is 1.08 bits per heavy atom. The first-order chi connectivity index (χ1) is 12.5. The number of hydrogen-bond donors (Lipinski definition) is 0. The van der Waals surface area contributed by atoms with Crippen molar-refractivity contribution in [3.63, 3.8) is 0 Å². The molecule has 3 aromatic rings. The molecule has 0 unspecified atom stereocenters. The van der Waals surface area contributed by atoms with Gasteiger partial charge in [-0.1, -0.05) is 11.6 Å². The molecule has 0 saturated carbocycles. The van der Waals surface area contributed by atoms with Crippen LogP contribution in [0, 0.1) is 0 Å². The van der Waals surface area contributed by atoms with E-state index in [4.69, 9.17) is 11.6 Å². The summed E-state index contributed by atoms with van der Waals surface area (Å²) in [6.07, 6.45) is 4.98. The maximum atomic E-state index is 12.7. The summed E-state index contributed by atoms with van der Waals surface area (Å²) < 4.78 is 29.2. The maximum Gasteiger partial charge on any atom is 0.252 e. The molecule has 1 fully saturated rings. The minimum Gasteiger partial charge on any atom is -0.354 e. The van der Waals surface area contributed by atoms with Gasteiger partial charge in [0.1, 0.15) is 16.4 Å². The molecule has 136 valence electrons. The molecule has 1 aliphatic rings. The van der Waals surface area contributed by atoms with Crippen molar-refractivity contribution in [3.05, 3.63) is 47.3 Å². The van der Waals surface area contributed by atoms with Crippen LogP contribution in [-0.2, 0) is 10.0 Å². The predicted molar refractivity (Wildman–Crippen MR) is 99.5 cm³/mol. The third kappa shape index (κ3) is 3.32. The van der Waals surface area contributed by atoms with Gasteiger partial charge in [-0.25, -0.2) is 23.1 Å². The number of aromatic nitrogens is 4. The van der Waals surface area contributed by atoms with Crippen LogP contribution < -0.4 is 4.90 Å². The summed E-state index contributed by atoms with van der Waals surface area (Å²) in [5.74, 6) is 1.42. The van der Waals surface area contributed by atoms with Crippen LogP contribution in [0.1, 0.15) is 0 Å². The minimum atomic E-state index is -3.50. The van der Waals surface area contributed by atoms with Crippen LogP contribution in [0.2, 0.25) is 4.34 Å². The maximum absolute atomic E-state index is 12.7. The van der Waals surface area contributed by atoms with Crippen molar-refractivity contribution in [1.82, 2.24) is 24.1 Å². The first kappa shape index (κ1) is 17.4. The highest BCUT2D eigenvalue weighted by Gasteiger charge is 2.30. The molecular weight excluding hydrogens is 396 g/mol. The van der Waals surface area contributed by atoms with Gasteiger partial charge in [0.2, 0.25) is 0 Å². The van der Waals surface area contributed by atoms with E-state index in [2.05, 4.69) is 15.1 Å². The Hall–Kier alpha value is -2.01. The molecule has 1 aliphatic heterocycles. The zero-order chi connectivity index (χ0) is 18.1. The molecule has 0 spiro atoms. The average molecular weight is 411 g/mol. The highest BCUT2D eigenvalue weighted by Crippen LogP contribution is 2.29. The van der Waals surface area contributed by atoms with Crippen molar-refractivity contribution in [2.75, 3.05) is 31.1 Å². The smallest absolute Gasteiger partial charge is 0.252 e. The first-order valence-electron chi connectivity index (χ1n) is 7.86.